The molecule has 0 spiro atoms. The molecule has 7 rings (SSSR count). The van der Waals surface area contributed by atoms with Crippen LogP contribution >= 0.6 is 11.8 Å². The van der Waals surface area contributed by atoms with Crippen molar-refractivity contribution in [3.8, 4) is 17.2 Å². The van der Waals surface area contributed by atoms with Crippen LogP contribution < -0.4 is 14.2 Å². The lowest BCUT2D eigenvalue weighted by atomic mass is 10.1. The Labute approximate surface area is 478 Å². The van der Waals surface area contributed by atoms with Gasteiger partial charge in [0.1, 0.15) is 37.1 Å². The number of aliphatic hydroxyl groups is 1. The molecule has 0 aliphatic carbocycles. The molecule has 22 heteroatoms. The molecule has 0 radical (unpaired) electrons. The molecule has 3 aromatic rings. The number of pyridine rings is 1. The Morgan fingerprint density at radius 3 is 1.83 bits per heavy atom. The molecule has 5 heterocycles. The maximum Gasteiger partial charge on any atom is 0.307 e. The highest BCUT2D eigenvalue weighted by Gasteiger charge is 2.36. The van der Waals surface area contributed by atoms with E-state index in [0.29, 0.717) is 161 Å². The molecule has 4 aliphatic rings. The number of esters is 1. The van der Waals surface area contributed by atoms with E-state index >= 15 is 0 Å². The van der Waals surface area contributed by atoms with Gasteiger partial charge in [-0.25, -0.2) is 0 Å². The number of aliphatic hydroxyl groups excluding tert-OH is 1. The lowest BCUT2D eigenvalue weighted by Crippen LogP contribution is -2.38. The van der Waals surface area contributed by atoms with Crippen LogP contribution in [0.15, 0.2) is 69.7 Å². The van der Waals surface area contributed by atoms with E-state index in [9.17, 15) is 29.1 Å². The molecule has 2 fully saturated rings. The first-order chi connectivity index (χ1) is 39.1. The maximum atomic E-state index is 13.7. The number of aromatic nitrogens is 1. The minimum absolute atomic E-state index is 0.00105. The average molecular weight is 1140 g/mol. The number of allylic oxidation sites excluding steroid dienone is 2. The average Bonchev–Trinajstić information content (AvgIpc) is 4.15. The van der Waals surface area contributed by atoms with E-state index in [0.717, 1.165) is 5.57 Å². The van der Waals surface area contributed by atoms with Crippen molar-refractivity contribution in [2.45, 2.75) is 83.6 Å². The molecule has 21 nitrogen and oxygen atoms in total. The van der Waals surface area contributed by atoms with Crippen molar-refractivity contribution in [3.63, 3.8) is 0 Å². The van der Waals surface area contributed by atoms with Gasteiger partial charge in [0.05, 0.1) is 130 Å². The third kappa shape index (κ3) is 17.7. The normalized spacial score (nSPS) is 17.5. The zero-order valence-corrected chi connectivity index (χ0v) is 48.5. The number of aldehydes is 1. The number of aliphatic imine (C=N–C) groups is 2. The van der Waals surface area contributed by atoms with Crippen LogP contribution in [0, 0.1) is 0 Å². The van der Waals surface area contributed by atoms with Gasteiger partial charge in [-0.2, -0.15) is 0 Å². The topological polar surface area (TPSA) is 230 Å². The van der Waals surface area contributed by atoms with E-state index in [1.807, 2.05) is 33.0 Å². The Kier molecular flexibility index (Phi) is 23.4. The smallest absolute Gasteiger partial charge is 0.307 e. The molecule has 81 heavy (non-hydrogen) atoms. The summed E-state index contributed by atoms with van der Waals surface area (Å²) in [6.07, 6.45) is 9.90. The number of likely N-dealkylation sites (N-methyl/N-ethyl adjacent to an activating group) is 2. The molecule has 2 aromatic carbocycles. The summed E-state index contributed by atoms with van der Waals surface area (Å²) >= 11 is 1.58. The summed E-state index contributed by atoms with van der Waals surface area (Å²) in [5.74, 6) is 0.702. The molecule has 0 saturated carbocycles. The third-order valence-electron chi connectivity index (χ3n) is 14.1. The van der Waals surface area contributed by atoms with Crippen molar-refractivity contribution in [1.29, 1.82) is 0 Å². The van der Waals surface area contributed by atoms with Crippen LogP contribution in [0.2, 0.25) is 0 Å². The number of amides is 3. The zero-order valence-electron chi connectivity index (χ0n) is 47.6. The van der Waals surface area contributed by atoms with Gasteiger partial charge in [-0.15, -0.1) is 11.8 Å². The van der Waals surface area contributed by atoms with Crippen molar-refractivity contribution in [1.82, 2.24) is 24.6 Å². The number of thioether (sulfide) groups is 1. The number of carbonyl (C=O) groups is 5. The summed E-state index contributed by atoms with van der Waals surface area (Å²) < 4.78 is 45.3. The number of methoxy groups -OCH3 is 1. The molecule has 1 N–H and O–H groups in total. The molecule has 2 saturated heterocycles. The Hall–Kier alpha value is -6.53. The Bertz CT molecular complexity index is 2820. The molecular formula is C59H77N7O14S. The van der Waals surface area contributed by atoms with E-state index in [-0.39, 0.29) is 84.7 Å². The quantitative estimate of drug-likeness (QED) is 0.0317. The van der Waals surface area contributed by atoms with Crippen LogP contribution in [0.4, 0.5) is 11.4 Å². The molecule has 3 amide bonds. The highest BCUT2D eigenvalue weighted by molar-refractivity contribution is 8.01. The van der Waals surface area contributed by atoms with E-state index in [4.69, 9.17) is 43.1 Å². The van der Waals surface area contributed by atoms with E-state index in [2.05, 4.69) is 28.5 Å². The monoisotopic (exact) mass is 1140 g/mol. The van der Waals surface area contributed by atoms with Gasteiger partial charge in [0.25, 0.3) is 11.8 Å². The fraction of sp³-hybridized carbons (Fsp3) is 0.525. The SMILES string of the molecule is CC=C1C[C@H]2C=Nc3cc(OCc4cc(OCCN(C)CC(C)(C)SCC(=O)N(C)CCOCCOCCOCCOCCC(=O)OC)cc(COc5cc6c(cc5CO)C(=O)N5CC(=CC)C[C@H]5C=N6)n4)c(C=O)cc3C(=O)N2C1. The van der Waals surface area contributed by atoms with Crippen LogP contribution in [-0.2, 0) is 53.1 Å². The Morgan fingerprint density at radius 1 is 0.728 bits per heavy atom. The second-order valence-corrected chi connectivity index (χ2v) is 22.3. The fourth-order valence-corrected chi connectivity index (χ4v) is 10.6. The third-order valence-corrected chi connectivity index (χ3v) is 15.4. The van der Waals surface area contributed by atoms with Gasteiger partial charge in [0, 0.05) is 86.8 Å². The van der Waals surface area contributed by atoms with E-state index in [1.165, 1.54) is 18.7 Å². The van der Waals surface area contributed by atoms with E-state index < -0.39 is 0 Å². The molecule has 1 aromatic heterocycles. The second kappa shape index (κ2) is 30.5. The maximum absolute atomic E-state index is 13.7. The summed E-state index contributed by atoms with van der Waals surface area (Å²) in [6.45, 7) is 13.7. The van der Waals surface area contributed by atoms with Crippen LogP contribution in [-0.4, -0.2) is 208 Å². The van der Waals surface area contributed by atoms with Crippen LogP contribution in [0.25, 0.3) is 0 Å². The predicted octanol–water partition coefficient (Wildman–Crippen LogP) is 6.21. The van der Waals surface area contributed by atoms with Crippen molar-refractivity contribution < 1.29 is 67.0 Å². The number of hydrogen-bond acceptors (Lipinski definition) is 19. The van der Waals surface area contributed by atoms with Crippen molar-refractivity contribution in [2.75, 3.05) is 119 Å². The number of nitrogens with zero attached hydrogens (tertiary/aromatic N) is 7. The fourth-order valence-electron chi connectivity index (χ4n) is 9.52. The van der Waals surface area contributed by atoms with Gasteiger partial charge in [0.15, 0.2) is 6.29 Å². The largest absolute Gasteiger partial charge is 0.492 e. The van der Waals surface area contributed by atoms with Gasteiger partial charge < -0.3 is 62.6 Å². The van der Waals surface area contributed by atoms with Gasteiger partial charge in [-0.05, 0) is 59.7 Å². The summed E-state index contributed by atoms with van der Waals surface area (Å²) in [6, 6.07) is 9.64. The van der Waals surface area contributed by atoms with Crippen LogP contribution in [0.1, 0.15) is 95.0 Å². The van der Waals surface area contributed by atoms with E-state index in [1.54, 1.807) is 76.3 Å². The molecule has 4 aliphatic heterocycles. The molecular weight excluding hydrogens is 1060 g/mol. The van der Waals surface area contributed by atoms with Crippen molar-refractivity contribution in [3.05, 3.63) is 93.3 Å². The minimum Gasteiger partial charge on any atom is -0.492 e. The molecule has 0 bridgehead atoms. The van der Waals surface area contributed by atoms with Gasteiger partial charge in [0.2, 0.25) is 5.91 Å². The number of fused-ring (bicyclic) bond motifs is 4. The minimum atomic E-state index is -0.381. The van der Waals surface area contributed by atoms with Crippen LogP contribution in [0.5, 0.6) is 17.2 Å². The standard InChI is InChI=1S/C59H77N7O14S/c1-8-40-22-46-30-60-51-28-53(42(34-67)24-49(51)57(71)65(46)32-40)79-36-44-26-48(27-45(62-44)37-80-54-29-52-50(25-43(54)35-68)58(72)66-33-41(9-2)23-47(66)31-61-52)78-15-11-63(5)39-59(3,4)81-38-55(69)64(6)12-14-75-17-19-77-21-20-76-18-16-74-13-10-56(70)73-7/h8-9,24-31,34,46-47,68H,10-23,32-33,35-39H2,1-7H3/t46-,47-/m0/s1. The first-order valence-electron chi connectivity index (χ1n) is 27.3. The Balaban J connectivity index is 0.923. The van der Waals surface area contributed by atoms with Gasteiger partial charge in [-0.3, -0.25) is 38.9 Å². The number of benzene rings is 2. The number of rotatable bonds is 32. The number of ether oxygens (including phenoxy) is 8. The lowest BCUT2D eigenvalue weighted by Gasteiger charge is -2.30. The summed E-state index contributed by atoms with van der Waals surface area (Å²) in [7, 11) is 5.11. The summed E-state index contributed by atoms with van der Waals surface area (Å²) in [4.78, 5) is 85.7. The van der Waals surface area contributed by atoms with Crippen molar-refractivity contribution in [2.24, 2.45) is 9.98 Å². The van der Waals surface area contributed by atoms with Gasteiger partial charge >= 0.3 is 5.97 Å². The Morgan fingerprint density at radius 2 is 1.27 bits per heavy atom. The summed E-state index contributed by atoms with van der Waals surface area (Å²) in [5, 5.41) is 10.5. The second-order valence-electron chi connectivity index (χ2n) is 20.6. The zero-order chi connectivity index (χ0) is 57.9. The lowest BCUT2D eigenvalue weighted by molar-refractivity contribution is -0.142. The van der Waals surface area contributed by atoms with Gasteiger partial charge in [-0.1, -0.05) is 23.3 Å². The van der Waals surface area contributed by atoms with Crippen molar-refractivity contribution >= 4 is 65.5 Å². The molecule has 0 unspecified atom stereocenters. The highest BCUT2D eigenvalue weighted by Crippen LogP contribution is 2.38. The number of carbonyl (C=O) groups excluding carboxylic acids is 5. The first kappa shape index (κ1) is 62.1. The summed E-state index contributed by atoms with van der Waals surface area (Å²) in [5.41, 5.74) is 5.44. The predicted molar refractivity (Wildman–Crippen MR) is 307 cm³/mol. The first-order valence-corrected chi connectivity index (χ1v) is 28.3. The molecule has 2 atom stereocenters. The molecule has 438 valence electrons. The highest BCUT2D eigenvalue weighted by atomic mass is 32.2. The number of hydrogen-bond donors (Lipinski definition) is 1. The van der Waals surface area contributed by atoms with Crippen LogP contribution in [0.3, 0.4) is 0 Å².